The van der Waals surface area contributed by atoms with Crippen LogP contribution in [-0.4, -0.2) is 30.9 Å². The Morgan fingerprint density at radius 3 is 2.80 bits per heavy atom. The molecule has 25 heavy (non-hydrogen) atoms. The number of fused-ring (bicyclic) bond motifs is 1. The number of hydrazone groups is 1. The van der Waals surface area contributed by atoms with Gasteiger partial charge in [0.05, 0.1) is 18.2 Å². The van der Waals surface area contributed by atoms with Gasteiger partial charge in [0, 0.05) is 29.3 Å². The number of non-ortho nitro benzene ring substituents is 1. The van der Waals surface area contributed by atoms with Crippen molar-refractivity contribution in [2.45, 2.75) is 0 Å². The van der Waals surface area contributed by atoms with Crippen LogP contribution in [0.15, 0.2) is 41.5 Å². The molecule has 1 N–H and O–H groups in total. The molecule has 0 aliphatic carbocycles. The first-order valence-corrected chi connectivity index (χ1v) is 7.14. The fourth-order valence-corrected chi connectivity index (χ4v) is 2.20. The molecule has 3 rings (SSSR count). The summed E-state index contributed by atoms with van der Waals surface area (Å²) in [5.41, 5.74) is 2.84. The molecule has 1 aliphatic rings. The van der Waals surface area contributed by atoms with E-state index in [9.17, 15) is 14.9 Å². The second-order valence-electron chi connectivity index (χ2n) is 4.95. The summed E-state index contributed by atoms with van der Waals surface area (Å²) in [5, 5.41) is 14.6. The highest BCUT2D eigenvalue weighted by Gasteiger charge is 2.17. The first kappa shape index (κ1) is 16.2. The zero-order chi connectivity index (χ0) is 17.8. The largest absolute Gasteiger partial charge is 0.496 e. The molecule has 0 saturated heterocycles. The number of carbonyl (C=O) groups excluding carboxylic acids is 1. The number of rotatable bonds is 5. The third-order valence-corrected chi connectivity index (χ3v) is 3.41. The van der Waals surface area contributed by atoms with Gasteiger partial charge >= 0.3 is 0 Å². The lowest BCUT2D eigenvalue weighted by molar-refractivity contribution is -0.384. The van der Waals surface area contributed by atoms with Crippen molar-refractivity contribution in [3.8, 4) is 17.2 Å². The van der Waals surface area contributed by atoms with Crippen LogP contribution in [-0.2, 0) is 0 Å². The van der Waals surface area contributed by atoms with Crippen LogP contribution in [0.1, 0.15) is 15.9 Å². The summed E-state index contributed by atoms with van der Waals surface area (Å²) in [5.74, 6) is 1.04. The molecule has 0 unspecified atom stereocenters. The number of benzene rings is 2. The molecule has 0 saturated carbocycles. The average Bonchev–Trinajstić information content (AvgIpc) is 3.08. The van der Waals surface area contributed by atoms with Gasteiger partial charge in [-0.1, -0.05) is 6.07 Å². The van der Waals surface area contributed by atoms with E-state index < -0.39 is 10.8 Å². The summed E-state index contributed by atoms with van der Waals surface area (Å²) >= 11 is 0. The van der Waals surface area contributed by atoms with E-state index >= 15 is 0 Å². The van der Waals surface area contributed by atoms with Gasteiger partial charge in [-0.15, -0.1) is 0 Å². The number of nitrogens with zero attached hydrogens (tertiary/aromatic N) is 2. The highest BCUT2D eigenvalue weighted by molar-refractivity contribution is 5.95. The van der Waals surface area contributed by atoms with Crippen LogP contribution in [0.25, 0.3) is 0 Å². The first-order chi connectivity index (χ1) is 12.1. The molecule has 1 heterocycles. The molecule has 1 amide bonds. The summed E-state index contributed by atoms with van der Waals surface area (Å²) < 4.78 is 15.8. The number of amides is 1. The highest BCUT2D eigenvalue weighted by atomic mass is 16.7. The molecular weight excluding hydrogens is 330 g/mol. The first-order valence-electron chi connectivity index (χ1n) is 7.14. The Bertz CT molecular complexity index is 865. The lowest BCUT2D eigenvalue weighted by atomic mass is 10.2. The van der Waals surface area contributed by atoms with Gasteiger partial charge in [0.1, 0.15) is 5.75 Å². The minimum atomic E-state index is -0.572. The molecule has 0 bridgehead atoms. The second kappa shape index (κ2) is 6.87. The standard InChI is InChI=1S/C16H13N3O6/c1-23-13-7-15-14(24-9-25-15)6-11(13)8-17-18-16(20)10-3-2-4-12(5-10)19(21)22/h2-8H,9H2,1H3,(H,18,20)/b17-8-. The maximum Gasteiger partial charge on any atom is 0.271 e. The molecule has 2 aromatic carbocycles. The lowest BCUT2D eigenvalue weighted by Crippen LogP contribution is -2.17. The van der Waals surface area contributed by atoms with Crippen molar-refractivity contribution in [3.63, 3.8) is 0 Å². The lowest BCUT2D eigenvalue weighted by Gasteiger charge is -2.06. The molecule has 0 spiro atoms. The third kappa shape index (κ3) is 3.50. The maximum atomic E-state index is 12.0. The Hall–Kier alpha value is -3.62. The van der Waals surface area contributed by atoms with E-state index in [1.165, 1.54) is 37.6 Å². The number of hydrogen-bond donors (Lipinski definition) is 1. The molecule has 0 atom stereocenters. The van der Waals surface area contributed by atoms with E-state index in [1.807, 2.05) is 0 Å². The van der Waals surface area contributed by atoms with E-state index in [1.54, 1.807) is 12.1 Å². The summed E-state index contributed by atoms with van der Waals surface area (Å²) in [6, 6.07) is 8.69. The van der Waals surface area contributed by atoms with Gasteiger partial charge in [0.15, 0.2) is 11.5 Å². The van der Waals surface area contributed by atoms with Crippen LogP contribution in [0.3, 0.4) is 0 Å². The molecule has 9 heteroatoms. The topological polar surface area (TPSA) is 112 Å². The van der Waals surface area contributed by atoms with Crippen molar-refractivity contribution in [2.75, 3.05) is 13.9 Å². The molecule has 0 fully saturated rings. The van der Waals surface area contributed by atoms with E-state index in [0.717, 1.165) is 0 Å². The third-order valence-electron chi connectivity index (χ3n) is 3.41. The van der Waals surface area contributed by atoms with E-state index in [0.29, 0.717) is 22.8 Å². The molecule has 9 nitrogen and oxygen atoms in total. The van der Waals surface area contributed by atoms with Crippen LogP contribution in [0.5, 0.6) is 17.2 Å². The van der Waals surface area contributed by atoms with Gasteiger partial charge in [0.25, 0.3) is 11.6 Å². The number of carbonyl (C=O) groups is 1. The second-order valence-corrected chi connectivity index (χ2v) is 4.95. The number of hydrogen-bond acceptors (Lipinski definition) is 7. The number of ether oxygens (including phenoxy) is 3. The predicted octanol–water partition coefficient (Wildman–Crippen LogP) is 2.10. The van der Waals surface area contributed by atoms with Crippen LogP contribution >= 0.6 is 0 Å². The molecular formula is C16H13N3O6. The average molecular weight is 343 g/mol. The zero-order valence-electron chi connectivity index (χ0n) is 13.1. The number of methoxy groups -OCH3 is 1. The van der Waals surface area contributed by atoms with Gasteiger partial charge < -0.3 is 14.2 Å². The molecule has 128 valence electrons. The number of nitro groups is 1. The van der Waals surface area contributed by atoms with Crippen LogP contribution in [0.2, 0.25) is 0 Å². The van der Waals surface area contributed by atoms with Crippen molar-refractivity contribution in [1.29, 1.82) is 0 Å². The molecule has 0 aromatic heterocycles. The van der Waals surface area contributed by atoms with E-state index in [-0.39, 0.29) is 18.0 Å². The van der Waals surface area contributed by atoms with Crippen LogP contribution in [0.4, 0.5) is 5.69 Å². The minimum Gasteiger partial charge on any atom is -0.496 e. The van der Waals surface area contributed by atoms with Gasteiger partial charge in [0.2, 0.25) is 6.79 Å². The monoisotopic (exact) mass is 343 g/mol. The number of nitrogens with one attached hydrogen (secondary N) is 1. The predicted molar refractivity (Wildman–Crippen MR) is 87.3 cm³/mol. The summed E-state index contributed by atoms with van der Waals surface area (Å²) in [4.78, 5) is 22.2. The fraction of sp³-hybridized carbons (Fsp3) is 0.125. The highest BCUT2D eigenvalue weighted by Crippen LogP contribution is 2.37. The molecule has 1 aliphatic heterocycles. The Balaban J connectivity index is 1.74. The van der Waals surface area contributed by atoms with Crippen molar-refractivity contribution >= 4 is 17.8 Å². The summed E-state index contributed by atoms with van der Waals surface area (Å²) in [6.45, 7) is 0.128. The van der Waals surface area contributed by atoms with Crippen LogP contribution < -0.4 is 19.6 Å². The summed E-state index contributed by atoms with van der Waals surface area (Å²) in [6.07, 6.45) is 1.38. The van der Waals surface area contributed by atoms with E-state index in [4.69, 9.17) is 14.2 Å². The Morgan fingerprint density at radius 2 is 2.08 bits per heavy atom. The van der Waals surface area contributed by atoms with Gasteiger partial charge in [-0.3, -0.25) is 14.9 Å². The SMILES string of the molecule is COc1cc2c(cc1/C=N\NC(=O)c1cccc([N+](=O)[O-])c1)OCO2. The Morgan fingerprint density at radius 1 is 1.32 bits per heavy atom. The minimum absolute atomic E-state index is 0.128. The van der Waals surface area contributed by atoms with E-state index in [2.05, 4.69) is 10.5 Å². The smallest absolute Gasteiger partial charge is 0.271 e. The van der Waals surface area contributed by atoms with Crippen molar-refractivity contribution in [3.05, 3.63) is 57.6 Å². The maximum absolute atomic E-state index is 12.0. The Kier molecular flexibility index (Phi) is 4.46. The van der Waals surface area contributed by atoms with Gasteiger partial charge in [-0.05, 0) is 12.1 Å². The number of nitro benzene ring substituents is 1. The fourth-order valence-electron chi connectivity index (χ4n) is 2.20. The van der Waals surface area contributed by atoms with Gasteiger partial charge in [-0.2, -0.15) is 5.10 Å². The Labute approximate surface area is 142 Å². The van der Waals surface area contributed by atoms with Gasteiger partial charge in [-0.25, -0.2) is 5.43 Å². The van der Waals surface area contributed by atoms with Crippen LogP contribution in [0, 0.1) is 10.1 Å². The van der Waals surface area contributed by atoms with Crippen molar-refractivity contribution in [1.82, 2.24) is 5.43 Å². The zero-order valence-corrected chi connectivity index (χ0v) is 13.1. The summed E-state index contributed by atoms with van der Waals surface area (Å²) in [7, 11) is 1.50. The molecule has 2 aromatic rings. The quantitative estimate of drug-likeness (QED) is 0.505. The van der Waals surface area contributed by atoms with Crippen molar-refractivity contribution in [2.24, 2.45) is 5.10 Å². The normalized spacial score (nSPS) is 12.2. The molecule has 0 radical (unpaired) electrons. The van der Waals surface area contributed by atoms with Crippen molar-refractivity contribution < 1.29 is 23.9 Å².